The minimum atomic E-state index is -3.25. The Balaban J connectivity index is 1.85. The van der Waals surface area contributed by atoms with Crippen LogP contribution < -0.4 is 0 Å². The van der Waals surface area contributed by atoms with Crippen molar-refractivity contribution in [3.8, 4) is 0 Å². The van der Waals surface area contributed by atoms with Crippen molar-refractivity contribution in [2.24, 2.45) is 0 Å². The molecule has 23 heavy (non-hydrogen) atoms. The number of aryl methyl sites for hydroxylation is 1. The average molecular weight is 337 g/mol. The Morgan fingerprint density at radius 1 is 1.22 bits per heavy atom. The third-order valence-electron chi connectivity index (χ3n) is 4.90. The zero-order chi connectivity index (χ0) is 16.7. The number of amides is 1. The van der Waals surface area contributed by atoms with Crippen LogP contribution in [0.15, 0.2) is 18.5 Å². The van der Waals surface area contributed by atoms with E-state index in [1.165, 1.54) is 6.26 Å². The lowest BCUT2D eigenvalue weighted by Crippen LogP contribution is -2.58. The standard InChI is InChI=1S/C16H23N3O3S/c1-13-9-14(11-17-10-13)15(20)18-7-3-5-16(12-18)6-4-8-19(16)23(2,21)22/h9-11H,3-8,12H2,1-2H3/t16-/m0/s1. The monoisotopic (exact) mass is 337 g/mol. The van der Waals surface area contributed by atoms with Crippen LogP contribution in [0.5, 0.6) is 0 Å². The van der Waals surface area contributed by atoms with Crippen LogP contribution in [0.2, 0.25) is 0 Å². The number of hydrogen-bond acceptors (Lipinski definition) is 4. The molecule has 1 spiro atoms. The summed E-state index contributed by atoms with van der Waals surface area (Å²) < 4.78 is 25.8. The van der Waals surface area contributed by atoms with Crippen LogP contribution in [-0.4, -0.2) is 59.9 Å². The summed E-state index contributed by atoms with van der Waals surface area (Å²) in [6, 6.07) is 1.83. The fraction of sp³-hybridized carbons (Fsp3) is 0.625. The summed E-state index contributed by atoms with van der Waals surface area (Å²) in [5.41, 5.74) is 1.10. The highest BCUT2D eigenvalue weighted by molar-refractivity contribution is 7.88. The molecule has 0 saturated carbocycles. The Morgan fingerprint density at radius 3 is 2.57 bits per heavy atom. The van der Waals surface area contributed by atoms with Crippen molar-refractivity contribution in [3.63, 3.8) is 0 Å². The molecule has 0 unspecified atom stereocenters. The van der Waals surface area contributed by atoms with Crippen molar-refractivity contribution in [3.05, 3.63) is 29.6 Å². The Labute approximate surface area is 137 Å². The van der Waals surface area contributed by atoms with Crippen LogP contribution in [0.3, 0.4) is 0 Å². The molecular weight excluding hydrogens is 314 g/mol. The van der Waals surface area contributed by atoms with E-state index in [-0.39, 0.29) is 5.91 Å². The number of aromatic nitrogens is 1. The quantitative estimate of drug-likeness (QED) is 0.818. The summed E-state index contributed by atoms with van der Waals surface area (Å²) in [6.07, 6.45) is 7.92. The fourth-order valence-corrected chi connectivity index (χ4v) is 5.38. The van der Waals surface area contributed by atoms with E-state index < -0.39 is 15.6 Å². The molecule has 3 rings (SSSR count). The van der Waals surface area contributed by atoms with E-state index in [9.17, 15) is 13.2 Å². The van der Waals surface area contributed by atoms with Crippen LogP contribution in [0.1, 0.15) is 41.6 Å². The largest absolute Gasteiger partial charge is 0.337 e. The van der Waals surface area contributed by atoms with Crippen LogP contribution in [0.25, 0.3) is 0 Å². The van der Waals surface area contributed by atoms with Gasteiger partial charge in [0.05, 0.1) is 17.4 Å². The van der Waals surface area contributed by atoms with Crippen LogP contribution in [0.4, 0.5) is 0 Å². The van der Waals surface area contributed by atoms with Crippen LogP contribution in [-0.2, 0) is 10.0 Å². The van der Waals surface area contributed by atoms with E-state index in [1.807, 2.05) is 13.0 Å². The third-order valence-corrected chi connectivity index (χ3v) is 6.27. The first-order valence-electron chi connectivity index (χ1n) is 8.01. The molecule has 1 amide bonds. The predicted molar refractivity (Wildman–Crippen MR) is 87.6 cm³/mol. The highest BCUT2D eigenvalue weighted by Gasteiger charge is 2.48. The second kappa shape index (κ2) is 5.87. The summed E-state index contributed by atoms with van der Waals surface area (Å²) in [6.45, 7) is 3.62. The lowest BCUT2D eigenvalue weighted by atomic mass is 9.87. The highest BCUT2D eigenvalue weighted by atomic mass is 32.2. The zero-order valence-corrected chi connectivity index (χ0v) is 14.5. The molecule has 0 bridgehead atoms. The zero-order valence-electron chi connectivity index (χ0n) is 13.7. The molecule has 0 aromatic carbocycles. The van der Waals surface area contributed by atoms with E-state index in [2.05, 4.69) is 4.98 Å². The molecule has 1 atom stereocenters. The predicted octanol–water partition coefficient (Wildman–Crippen LogP) is 1.42. The molecule has 7 heteroatoms. The van der Waals surface area contributed by atoms with Gasteiger partial charge in [0.2, 0.25) is 10.0 Å². The molecule has 2 fully saturated rings. The molecule has 0 N–H and O–H groups in total. The SMILES string of the molecule is Cc1cncc(C(=O)N2CCC[C@]3(CCCN3S(C)(=O)=O)C2)c1. The normalized spacial score (nSPS) is 25.9. The van der Waals surface area contributed by atoms with Crippen molar-refractivity contribution in [1.29, 1.82) is 0 Å². The maximum absolute atomic E-state index is 12.8. The van der Waals surface area contributed by atoms with Crippen LogP contribution >= 0.6 is 0 Å². The van der Waals surface area contributed by atoms with E-state index in [0.29, 0.717) is 25.2 Å². The fourth-order valence-electron chi connectivity index (χ4n) is 3.98. The number of sulfonamides is 1. The van der Waals surface area contributed by atoms with Gasteiger partial charge < -0.3 is 4.90 Å². The van der Waals surface area contributed by atoms with Gasteiger partial charge in [0.15, 0.2) is 0 Å². The van der Waals surface area contributed by atoms with Crippen LogP contribution in [0, 0.1) is 6.92 Å². The lowest BCUT2D eigenvalue weighted by molar-refractivity contribution is 0.0524. The Morgan fingerprint density at radius 2 is 1.91 bits per heavy atom. The number of carbonyl (C=O) groups excluding carboxylic acids is 1. The third kappa shape index (κ3) is 3.12. The maximum Gasteiger partial charge on any atom is 0.255 e. The van der Waals surface area contributed by atoms with E-state index in [4.69, 9.17) is 0 Å². The first kappa shape index (κ1) is 16.4. The van der Waals surface area contributed by atoms with Gasteiger partial charge in [-0.3, -0.25) is 9.78 Å². The van der Waals surface area contributed by atoms with E-state index >= 15 is 0 Å². The number of likely N-dealkylation sites (tertiary alicyclic amines) is 1. The van der Waals surface area contributed by atoms with E-state index in [1.54, 1.807) is 21.6 Å². The van der Waals surface area contributed by atoms with Gasteiger partial charge in [0.1, 0.15) is 0 Å². The van der Waals surface area contributed by atoms with Gasteiger partial charge in [0.25, 0.3) is 5.91 Å². The molecule has 126 valence electrons. The van der Waals surface area contributed by atoms with Crippen molar-refractivity contribution in [1.82, 2.24) is 14.2 Å². The summed E-state index contributed by atoms with van der Waals surface area (Å²) in [5.74, 6) is -0.0550. The minimum Gasteiger partial charge on any atom is -0.337 e. The van der Waals surface area contributed by atoms with Crippen molar-refractivity contribution >= 4 is 15.9 Å². The van der Waals surface area contributed by atoms with Gasteiger partial charge in [-0.1, -0.05) is 0 Å². The molecule has 0 aliphatic carbocycles. The molecule has 6 nitrogen and oxygen atoms in total. The molecule has 2 aliphatic rings. The minimum absolute atomic E-state index is 0.0550. The van der Waals surface area contributed by atoms with Crippen molar-refractivity contribution < 1.29 is 13.2 Å². The van der Waals surface area contributed by atoms with Gasteiger partial charge in [0, 0.05) is 32.0 Å². The van der Waals surface area contributed by atoms with Gasteiger partial charge in [-0.2, -0.15) is 4.31 Å². The van der Waals surface area contributed by atoms with Crippen molar-refractivity contribution in [2.45, 2.75) is 38.1 Å². The molecular formula is C16H23N3O3S. The molecule has 1 aromatic heterocycles. The molecule has 2 saturated heterocycles. The number of nitrogens with zero attached hydrogens (tertiary/aromatic N) is 3. The van der Waals surface area contributed by atoms with E-state index in [0.717, 1.165) is 31.2 Å². The average Bonchev–Trinajstić information content (AvgIpc) is 2.89. The topological polar surface area (TPSA) is 70.6 Å². The first-order valence-corrected chi connectivity index (χ1v) is 9.85. The molecule has 1 aromatic rings. The van der Waals surface area contributed by atoms with Crippen molar-refractivity contribution in [2.75, 3.05) is 25.9 Å². The summed E-state index contributed by atoms with van der Waals surface area (Å²) in [5, 5.41) is 0. The first-order chi connectivity index (χ1) is 10.8. The van der Waals surface area contributed by atoms with Gasteiger partial charge >= 0.3 is 0 Å². The number of piperidine rings is 1. The Kier molecular flexibility index (Phi) is 4.18. The summed E-state index contributed by atoms with van der Waals surface area (Å²) in [7, 11) is -3.25. The lowest BCUT2D eigenvalue weighted by Gasteiger charge is -2.44. The maximum atomic E-state index is 12.8. The van der Waals surface area contributed by atoms with Gasteiger partial charge in [-0.25, -0.2) is 8.42 Å². The number of rotatable bonds is 2. The number of pyridine rings is 1. The Hall–Kier alpha value is -1.47. The smallest absolute Gasteiger partial charge is 0.255 e. The number of carbonyl (C=O) groups is 1. The highest BCUT2D eigenvalue weighted by Crippen LogP contribution is 2.39. The van der Waals surface area contributed by atoms with Gasteiger partial charge in [-0.05, 0) is 44.2 Å². The Bertz CT molecular complexity index is 719. The van der Waals surface area contributed by atoms with Gasteiger partial charge in [-0.15, -0.1) is 0 Å². The second-order valence-corrected chi connectivity index (χ2v) is 8.65. The summed E-state index contributed by atoms with van der Waals surface area (Å²) >= 11 is 0. The second-order valence-electron chi connectivity index (χ2n) is 6.74. The molecule has 3 heterocycles. The summed E-state index contributed by atoms with van der Waals surface area (Å²) in [4.78, 5) is 18.7. The molecule has 2 aliphatic heterocycles. The number of hydrogen-bond donors (Lipinski definition) is 0. The molecule has 0 radical (unpaired) electrons.